The lowest BCUT2D eigenvalue weighted by Crippen LogP contribution is -2.35. The molecule has 4 rings (SSSR count). The Labute approximate surface area is 154 Å². The zero-order valence-electron chi connectivity index (χ0n) is 13.5. The van der Waals surface area contributed by atoms with Gasteiger partial charge in [-0.2, -0.15) is 8.75 Å². The molecule has 0 spiro atoms. The molecule has 2 heterocycles. The summed E-state index contributed by atoms with van der Waals surface area (Å²) in [4.78, 5) is 0.0486. The summed E-state index contributed by atoms with van der Waals surface area (Å²) in [6.45, 7) is 1.77. The Bertz CT molecular complexity index is 1230. The molecule has 26 heavy (non-hydrogen) atoms. The van der Waals surface area contributed by atoms with Gasteiger partial charge in [0.2, 0.25) is 10.0 Å². The molecule has 0 saturated heterocycles. The van der Waals surface area contributed by atoms with Gasteiger partial charge in [-0.05, 0) is 49.2 Å². The van der Waals surface area contributed by atoms with Gasteiger partial charge in [0, 0.05) is 6.04 Å². The van der Waals surface area contributed by atoms with Crippen LogP contribution in [0.15, 0.2) is 46.2 Å². The minimum Gasteiger partial charge on any atom is -0.263 e. The lowest BCUT2D eigenvalue weighted by Gasteiger charge is -2.24. The third-order valence-electron chi connectivity index (χ3n) is 4.32. The van der Waals surface area contributed by atoms with E-state index < -0.39 is 20.0 Å². The van der Waals surface area contributed by atoms with Crippen LogP contribution in [0.3, 0.4) is 0 Å². The molecular formula is C15H14N4O4S3. The second-order valence-electron chi connectivity index (χ2n) is 6.08. The molecule has 2 aromatic carbocycles. The van der Waals surface area contributed by atoms with Gasteiger partial charge in [-0.3, -0.25) is 4.31 Å². The van der Waals surface area contributed by atoms with Crippen LogP contribution >= 0.6 is 11.7 Å². The zero-order valence-corrected chi connectivity index (χ0v) is 16.0. The molecule has 2 N–H and O–H groups in total. The average molecular weight is 411 g/mol. The number of anilines is 1. The molecule has 0 bridgehead atoms. The van der Waals surface area contributed by atoms with Crippen molar-refractivity contribution in [2.75, 3.05) is 4.31 Å². The number of fused-ring (bicyclic) bond motifs is 2. The van der Waals surface area contributed by atoms with Crippen LogP contribution in [0.25, 0.3) is 11.0 Å². The number of hydrogen-bond donors (Lipinski definition) is 1. The quantitative estimate of drug-likeness (QED) is 0.697. The molecule has 1 aliphatic rings. The Morgan fingerprint density at radius 1 is 1.15 bits per heavy atom. The summed E-state index contributed by atoms with van der Waals surface area (Å²) in [6, 6.07) is 8.70. The van der Waals surface area contributed by atoms with Crippen molar-refractivity contribution in [3.63, 3.8) is 0 Å². The molecule has 0 amide bonds. The van der Waals surface area contributed by atoms with Gasteiger partial charge in [-0.15, -0.1) is 0 Å². The van der Waals surface area contributed by atoms with Crippen LogP contribution in [-0.4, -0.2) is 31.6 Å². The highest BCUT2D eigenvalue weighted by atomic mass is 32.2. The van der Waals surface area contributed by atoms with Gasteiger partial charge >= 0.3 is 0 Å². The summed E-state index contributed by atoms with van der Waals surface area (Å²) in [6.07, 6.45) is 0.392. The fourth-order valence-corrected chi connectivity index (χ4v) is 6.23. The summed E-state index contributed by atoms with van der Waals surface area (Å²) >= 11 is 0.953. The van der Waals surface area contributed by atoms with Crippen LogP contribution in [-0.2, 0) is 26.5 Å². The van der Waals surface area contributed by atoms with Crippen molar-refractivity contribution in [1.29, 1.82) is 0 Å². The van der Waals surface area contributed by atoms with E-state index in [9.17, 15) is 16.8 Å². The highest BCUT2D eigenvalue weighted by molar-refractivity contribution is 7.93. The number of nitrogens with two attached hydrogens (primary N) is 1. The molecule has 0 aliphatic carbocycles. The van der Waals surface area contributed by atoms with Gasteiger partial charge in [0.1, 0.15) is 15.9 Å². The number of aromatic nitrogens is 2. The molecule has 11 heteroatoms. The second kappa shape index (κ2) is 5.71. The van der Waals surface area contributed by atoms with Gasteiger partial charge in [0.05, 0.1) is 22.3 Å². The smallest absolute Gasteiger partial charge is 0.263 e. The minimum absolute atomic E-state index is 0.0338. The molecule has 1 aliphatic heterocycles. The average Bonchev–Trinajstić information content (AvgIpc) is 3.15. The first-order valence-electron chi connectivity index (χ1n) is 7.61. The predicted octanol–water partition coefficient (Wildman–Crippen LogP) is 1.48. The van der Waals surface area contributed by atoms with E-state index in [0.29, 0.717) is 28.7 Å². The number of nitrogens with zero attached hydrogens (tertiary/aromatic N) is 3. The fraction of sp³-hybridized carbons (Fsp3) is 0.200. The molecule has 1 unspecified atom stereocenters. The fourth-order valence-electron chi connectivity index (χ4n) is 3.22. The molecule has 1 aromatic heterocycles. The van der Waals surface area contributed by atoms with Crippen molar-refractivity contribution in [3.05, 3.63) is 42.0 Å². The van der Waals surface area contributed by atoms with E-state index in [-0.39, 0.29) is 15.8 Å². The van der Waals surface area contributed by atoms with Crippen molar-refractivity contribution >= 4 is 48.5 Å². The van der Waals surface area contributed by atoms with Crippen molar-refractivity contribution in [1.82, 2.24) is 8.75 Å². The van der Waals surface area contributed by atoms with E-state index in [0.717, 1.165) is 11.7 Å². The number of sulfonamides is 2. The molecule has 1 atom stereocenters. The van der Waals surface area contributed by atoms with E-state index >= 15 is 0 Å². The first-order chi connectivity index (χ1) is 12.2. The molecule has 3 aromatic rings. The predicted molar refractivity (Wildman–Crippen MR) is 98.1 cm³/mol. The second-order valence-corrected chi connectivity index (χ2v) is 9.95. The van der Waals surface area contributed by atoms with Gasteiger partial charge in [0.15, 0.2) is 0 Å². The first-order valence-corrected chi connectivity index (χ1v) is 11.3. The summed E-state index contributed by atoms with van der Waals surface area (Å²) in [7, 11) is -7.74. The molecule has 136 valence electrons. The highest BCUT2D eigenvalue weighted by Gasteiger charge is 2.37. The van der Waals surface area contributed by atoms with Crippen LogP contribution in [0, 0.1) is 0 Å². The van der Waals surface area contributed by atoms with E-state index in [4.69, 9.17) is 5.14 Å². The van der Waals surface area contributed by atoms with Crippen molar-refractivity contribution in [2.24, 2.45) is 5.14 Å². The van der Waals surface area contributed by atoms with Crippen LogP contribution in [0.5, 0.6) is 0 Å². The maximum Gasteiger partial charge on any atom is 0.266 e. The van der Waals surface area contributed by atoms with Gasteiger partial charge < -0.3 is 0 Å². The summed E-state index contributed by atoms with van der Waals surface area (Å²) in [5, 5.41) is 5.17. The number of hydrogen-bond acceptors (Lipinski definition) is 7. The maximum atomic E-state index is 13.3. The highest BCUT2D eigenvalue weighted by Crippen LogP contribution is 2.38. The van der Waals surface area contributed by atoms with Crippen LogP contribution in [0.1, 0.15) is 12.5 Å². The van der Waals surface area contributed by atoms with E-state index in [2.05, 4.69) is 8.75 Å². The molecule has 0 saturated carbocycles. The molecule has 0 fully saturated rings. The Balaban J connectivity index is 1.88. The first kappa shape index (κ1) is 17.3. The van der Waals surface area contributed by atoms with E-state index in [1.807, 2.05) is 0 Å². The lowest BCUT2D eigenvalue weighted by molar-refractivity contribution is 0.584. The third kappa shape index (κ3) is 2.58. The third-order valence-corrected chi connectivity index (χ3v) is 7.73. The Morgan fingerprint density at radius 2 is 1.92 bits per heavy atom. The summed E-state index contributed by atoms with van der Waals surface area (Å²) < 4.78 is 59.3. The monoisotopic (exact) mass is 410 g/mol. The normalized spacial score (nSPS) is 17.6. The Hall–Kier alpha value is -2.08. The number of rotatable bonds is 3. The van der Waals surface area contributed by atoms with E-state index in [1.54, 1.807) is 19.1 Å². The molecule has 8 nitrogen and oxygen atoms in total. The van der Waals surface area contributed by atoms with Crippen molar-refractivity contribution in [3.8, 4) is 0 Å². The van der Waals surface area contributed by atoms with E-state index in [1.165, 1.54) is 28.6 Å². The van der Waals surface area contributed by atoms with Gasteiger partial charge in [-0.25, -0.2) is 22.0 Å². The molecular weight excluding hydrogens is 396 g/mol. The topological polar surface area (TPSA) is 123 Å². The lowest BCUT2D eigenvalue weighted by atomic mass is 10.1. The number of benzene rings is 2. The maximum absolute atomic E-state index is 13.3. The number of primary sulfonamides is 1. The van der Waals surface area contributed by atoms with Crippen molar-refractivity contribution in [2.45, 2.75) is 29.2 Å². The molecule has 0 radical (unpaired) electrons. The minimum atomic E-state index is -3.89. The standard InChI is InChI=1S/C15H14N4O4S3/c1-9-7-10-8-11(25(16,20)21)5-6-13(10)19(9)26(22,23)14-4-2-3-12-15(14)18-24-17-12/h2-6,8-9H,7H2,1H3,(H2,16,20,21). The Morgan fingerprint density at radius 3 is 2.65 bits per heavy atom. The van der Waals surface area contributed by atoms with Gasteiger partial charge in [-0.1, -0.05) is 6.07 Å². The SMILES string of the molecule is CC1Cc2cc(S(N)(=O)=O)ccc2N1S(=O)(=O)c1cccc2nsnc12. The van der Waals surface area contributed by atoms with Crippen LogP contribution < -0.4 is 9.44 Å². The van der Waals surface area contributed by atoms with Crippen LogP contribution in [0.2, 0.25) is 0 Å². The van der Waals surface area contributed by atoms with Gasteiger partial charge in [0.25, 0.3) is 10.0 Å². The largest absolute Gasteiger partial charge is 0.266 e. The summed E-state index contributed by atoms with van der Waals surface area (Å²) in [5.74, 6) is 0. The van der Waals surface area contributed by atoms with Crippen molar-refractivity contribution < 1.29 is 16.8 Å². The summed E-state index contributed by atoms with van der Waals surface area (Å²) in [5.41, 5.74) is 1.92. The zero-order chi connectivity index (χ0) is 18.7. The Kier molecular flexibility index (Phi) is 3.81. The van der Waals surface area contributed by atoms with Crippen LogP contribution in [0.4, 0.5) is 5.69 Å².